The van der Waals surface area contributed by atoms with E-state index in [1.165, 1.54) is 69.8 Å². The molecule has 4 heteroatoms. The molecule has 0 N–H and O–H groups in total. The van der Waals surface area contributed by atoms with Gasteiger partial charge in [-0.05, 0) is 6.42 Å². The minimum absolute atomic E-state index is 0.293. The standard InChI is InChI=1S/C13H9.C11H17.C7H4F3.CH2.Zr/c1-3-7-12-10(5-1)9-11-6-2-4-8-13(11)12;1-8-6-9(2)10(7-8)11(3,4)5;8-7(9,10)6-4-2-1-3-5-6;;/h1-5,7-8H,9H2;7-8H,1-5H3;2-5H;1H2;/q3*-1;;. The van der Waals surface area contributed by atoms with E-state index in [4.69, 9.17) is 0 Å². The Labute approximate surface area is 229 Å². The van der Waals surface area contributed by atoms with Gasteiger partial charge in [0, 0.05) is 0 Å². The minimum Gasteiger partial charge on any atom is -0.179 e. The van der Waals surface area contributed by atoms with Gasteiger partial charge < -0.3 is 0 Å². The summed E-state index contributed by atoms with van der Waals surface area (Å²) in [6.45, 7) is 11.1. The molecular weight excluding hydrogens is 533 g/mol. The molecule has 2 aliphatic rings. The van der Waals surface area contributed by atoms with Crippen molar-refractivity contribution in [1.82, 2.24) is 0 Å². The molecule has 36 heavy (non-hydrogen) atoms. The van der Waals surface area contributed by atoms with Gasteiger partial charge in [0.1, 0.15) is 0 Å². The molecule has 0 heterocycles. The molecule has 0 saturated carbocycles. The summed E-state index contributed by atoms with van der Waals surface area (Å²) in [5.74, 6) is 0.518. The molecule has 3 aromatic rings. The van der Waals surface area contributed by atoms with Crippen LogP contribution >= 0.6 is 0 Å². The number of fused-ring (bicyclic) bond motifs is 3. The number of hydrogen-bond acceptors (Lipinski definition) is 0. The van der Waals surface area contributed by atoms with Crippen LogP contribution in [0.15, 0.2) is 84.0 Å². The first kappa shape index (κ1) is 29.9. The summed E-state index contributed by atoms with van der Waals surface area (Å²) in [5.41, 5.74) is 7.97. The second kappa shape index (κ2) is 13.3. The van der Waals surface area contributed by atoms with Crippen LogP contribution in [0.5, 0.6) is 0 Å². The Morgan fingerprint density at radius 2 is 1.50 bits per heavy atom. The Hall–Kier alpha value is -2.32. The van der Waals surface area contributed by atoms with E-state index < -0.39 is 11.7 Å². The Kier molecular flexibility index (Phi) is 11.0. The van der Waals surface area contributed by atoms with Gasteiger partial charge in [-0.15, -0.1) is 5.56 Å². The average molecular weight is 565 g/mol. The van der Waals surface area contributed by atoms with Gasteiger partial charge in [-0.3, -0.25) is 6.08 Å². The molecular formula is C32H32F3Zr-3. The van der Waals surface area contributed by atoms with Crippen LogP contribution in [0.25, 0.3) is 11.1 Å². The van der Waals surface area contributed by atoms with Gasteiger partial charge in [-0.1, -0.05) is 86.9 Å². The molecule has 0 bridgehead atoms. The van der Waals surface area contributed by atoms with Gasteiger partial charge in [-0.25, -0.2) is 5.57 Å². The third kappa shape index (κ3) is 8.37. The van der Waals surface area contributed by atoms with Crippen molar-refractivity contribution < 1.29 is 37.4 Å². The van der Waals surface area contributed by atoms with Crippen molar-refractivity contribution in [2.24, 2.45) is 11.3 Å². The molecule has 1 atom stereocenters. The first-order valence-corrected chi connectivity index (χ1v) is 13.5. The van der Waals surface area contributed by atoms with Crippen LogP contribution in [-0.2, 0) is 36.8 Å². The van der Waals surface area contributed by atoms with E-state index in [1.807, 2.05) is 6.07 Å². The fourth-order valence-electron chi connectivity index (χ4n) is 4.22. The monoisotopic (exact) mass is 563 g/mol. The van der Waals surface area contributed by atoms with Crippen LogP contribution in [0.3, 0.4) is 0 Å². The number of alkyl halides is 3. The van der Waals surface area contributed by atoms with Gasteiger partial charge >= 0.3 is 34.6 Å². The van der Waals surface area contributed by atoms with Gasteiger partial charge in [0.2, 0.25) is 0 Å². The maximum Gasteiger partial charge on any atom is -0.0253 e. The van der Waals surface area contributed by atoms with E-state index >= 15 is 0 Å². The Balaban J connectivity index is 0.000000186. The molecule has 0 amide bonds. The van der Waals surface area contributed by atoms with E-state index in [-0.39, 0.29) is 0 Å². The summed E-state index contributed by atoms with van der Waals surface area (Å²) in [4.78, 5) is 0. The van der Waals surface area contributed by atoms with E-state index in [2.05, 4.69) is 99.5 Å². The molecule has 3 aromatic carbocycles. The smallest absolute Gasteiger partial charge is 0.0253 e. The zero-order chi connectivity index (χ0) is 26.9. The molecule has 5 rings (SSSR count). The van der Waals surface area contributed by atoms with Gasteiger partial charge in [-0.2, -0.15) is 85.0 Å². The van der Waals surface area contributed by atoms with Gasteiger partial charge in [0.05, 0.1) is 0 Å². The van der Waals surface area contributed by atoms with Crippen molar-refractivity contribution in [3.63, 3.8) is 0 Å². The predicted molar refractivity (Wildman–Crippen MR) is 140 cm³/mol. The molecule has 0 aliphatic heterocycles. The van der Waals surface area contributed by atoms with Crippen LogP contribution in [0.2, 0.25) is 0 Å². The first-order chi connectivity index (χ1) is 17.0. The molecule has 0 saturated heterocycles. The molecule has 0 aromatic heterocycles. The Morgan fingerprint density at radius 3 is 2.00 bits per heavy atom. The minimum atomic E-state index is -4.23. The molecule has 0 radical (unpaired) electrons. The largest absolute Gasteiger partial charge is 0.179 e. The Morgan fingerprint density at radius 1 is 0.889 bits per heavy atom. The van der Waals surface area contributed by atoms with E-state index in [1.54, 1.807) is 0 Å². The first-order valence-electron chi connectivity index (χ1n) is 11.8. The fraction of sp³-hybridized carbons (Fsp3) is 0.281. The summed E-state index contributed by atoms with van der Waals surface area (Å²) < 4.78 is 38.7. The third-order valence-electron chi connectivity index (χ3n) is 5.73. The molecule has 0 fully saturated rings. The second-order valence-electron chi connectivity index (χ2n) is 9.57. The van der Waals surface area contributed by atoms with Crippen molar-refractivity contribution in [2.75, 3.05) is 0 Å². The predicted octanol–water partition coefficient (Wildman–Crippen LogP) is 8.89. The van der Waals surface area contributed by atoms with E-state index in [0.29, 0.717) is 11.3 Å². The fourth-order valence-corrected chi connectivity index (χ4v) is 4.22. The summed E-state index contributed by atoms with van der Waals surface area (Å²) >= 11 is 1.30. The molecule has 2 aliphatic carbocycles. The topological polar surface area (TPSA) is 0 Å². The molecule has 0 nitrogen and oxygen atoms in total. The van der Waals surface area contributed by atoms with Crippen LogP contribution in [0.1, 0.15) is 51.3 Å². The van der Waals surface area contributed by atoms with Gasteiger partial charge in [0.25, 0.3) is 0 Å². The molecule has 0 spiro atoms. The van der Waals surface area contributed by atoms with Crippen LogP contribution in [0, 0.1) is 29.5 Å². The van der Waals surface area contributed by atoms with Crippen LogP contribution in [-0.4, -0.2) is 4.21 Å². The van der Waals surface area contributed by atoms with Crippen LogP contribution in [0.4, 0.5) is 13.2 Å². The summed E-state index contributed by atoms with van der Waals surface area (Å²) in [6, 6.07) is 25.1. The van der Waals surface area contributed by atoms with E-state index in [0.717, 1.165) is 18.6 Å². The maximum absolute atomic E-state index is 11.8. The summed E-state index contributed by atoms with van der Waals surface area (Å²) in [6.07, 6.45) is 2.53. The quantitative estimate of drug-likeness (QED) is 0.187. The van der Waals surface area contributed by atoms with Crippen molar-refractivity contribution in [2.45, 2.75) is 47.2 Å². The normalized spacial score (nSPS) is 15.4. The Bertz CT molecular complexity index is 1140. The third-order valence-corrected chi connectivity index (χ3v) is 5.73. The van der Waals surface area contributed by atoms with Gasteiger partial charge in [0.15, 0.2) is 0 Å². The summed E-state index contributed by atoms with van der Waals surface area (Å²) in [5, 5.41) is 0. The number of halogens is 3. The molecule has 1 unspecified atom stereocenters. The van der Waals surface area contributed by atoms with E-state index in [9.17, 15) is 13.2 Å². The van der Waals surface area contributed by atoms with Crippen molar-refractivity contribution in [3.05, 3.63) is 119 Å². The average Bonchev–Trinajstić information content (AvgIpc) is 3.40. The zero-order valence-electron chi connectivity index (χ0n) is 21.6. The second-order valence-corrected chi connectivity index (χ2v) is 9.57. The van der Waals surface area contributed by atoms with Crippen molar-refractivity contribution in [3.8, 4) is 11.1 Å². The number of rotatable bonds is 0. The molecule has 188 valence electrons. The number of allylic oxidation sites excluding steroid dienone is 4. The number of hydrogen-bond donors (Lipinski definition) is 0. The van der Waals surface area contributed by atoms with Crippen molar-refractivity contribution >= 4 is 4.21 Å². The maximum atomic E-state index is 11.8. The summed E-state index contributed by atoms with van der Waals surface area (Å²) in [7, 11) is 0. The van der Waals surface area contributed by atoms with Crippen molar-refractivity contribution in [1.29, 1.82) is 0 Å². The van der Waals surface area contributed by atoms with Crippen LogP contribution < -0.4 is 0 Å². The number of benzene rings is 3. The SMILES string of the molecule is CC1=[C-]C(C)C=C1C(C)(C)C.FC(F)(F)c1cc[c-]cc1.[CH2]=[Zr].[c-]1cccc2c1Cc1ccccc1-2. The zero-order valence-corrected chi connectivity index (χ0v) is 24.0.